The van der Waals surface area contributed by atoms with Gasteiger partial charge in [-0.25, -0.2) is 20.1 Å². The van der Waals surface area contributed by atoms with Crippen LogP contribution in [0.1, 0.15) is 101 Å². The third-order valence-corrected chi connectivity index (χ3v) is 33.4. The summed E-state index contributed by atoms with van der Waals surface area (Å²) in [5, 5.41) is 0. The van der Waals surface area contributed by atoms with Crippen LogP contribution in [-0.4, -0.2) is 135 Å². The van der Waals surface area contributed by atoms with Crippen molar-refractivity contribution in [3.63, 3.8) is 0 Å². The van der Waals surface area contributed by atoms with Crippen molar-refractivity contribution in [2.75, 3.05) is 117 Å². The van der Waals surface area contributed by atoms with E-state index in [9.17, 15) is 0 Å². The Labute approximate surface area is 504 Å². The first kappa shape index (κ1) is 66.5. The van der Waals surface area contributed by atoms with Crippen LogP contribution in [0.15, 0.2) is 69.1 Å². The zero-order chi connectivity index (χ0) is 59.0. The summed E-state index contributed by atoms with van der Waals surface area (Å²) in [6, 6.07) is 18.6. The first-order chi connectivity index (χ1) is 38.4. The second-order valence-electron chi connectivity index (χ2n) is 22.6. The molecule has 6 aromatic heterocycles. The quantitative estimate of drug-likeness (QED) is 0.0310. The molecule has 452 valence electrons. The lowest BCUT2D eigenvalue weighted by Crippen LogP contribution is -2.48. The summed E-state index contributed by atoms with van der Waals surface area (Å²) in [7, 11) is 6.84. The zero-order valence-corrected chi connectivity index (χ0v) is 55.5. The number of allylic oxidation sites excluding steroid dienone is 2. The first-order valence-electron chi connectivity index (χ1n) is 27.5. The van der Waals surface area contributed by atoms with Crippen LogP contribution in [0.4, 0.5) is 26.3 Å². The number of methoxy groups -OCH3 is 6. The molecular weight excluding hydrogens is 1200 g/mol. The Kier molecular flexibility index (Phi) is 23.2. The van der Waals surface area contributed by atoms with Crippen molar-refractivity contribution in [1.82, 2.24) is 0 Å². The van der Waals surface area contributed by atoms with Crippen molar-refractivity contribution in [3.8, 4) is 39.0 Å². The van der Waals surface area contributed by atoms with Crippen LogP contribution in [0.25, 0.3) is 50.2 Å². The van der Waals surface area contributed by atoms with Crippen LogP contribution in [0, 0.1) is 0 Å². The fraction of sp³-hybridized carbons (Fsp3) is 0.574. The lowest BCUT2D eigenvalue weighted by molar-refractivity contribution is -0.254. The highest BCUT2D eigenvalue weighted by Gasteiger charge is 2.80. The second-order valence-corrected chi connectivity index (χ2v) is 37.1. The molecule has 0 amide bonds. The maximum Gasteiger partial charge on any atom is 0.380 e. The Morgan fingerprint density at radius 3 is 0.914 bits per heavy atom. The Morgan fingerprint density at radius 1 is 0.370 bits per heavy atom. The van der Waals surface area contributed by atoms with Crippen molar-refractivity contribution in [2.24, 2.45) is 0 Å². The van der Waals surface area contributed by atoms with E-state index in [0.717, 1.165) is 101 Å². The van der Waals surface area contributed by atoms with Gasteiger partial charge in [0.15, 0.2) is 0 Å². The number of thiophene rings is 6. The molecule has 6 aromatic rings. The number of rotatable bonds is 32. The summed E-state index contributed by atoms with van der Waals surface area (Å²) < 4.78 is 140. The molecule has 6 heterocycles. The highest BCUT2D eigenvalue weighted by molar-refractivity contribution is 8.35. The van der Waals surface area contributed by atoms with Gasteiger partial charge in [-0.05, 0) is 145 Å². The number of hydrogen-bond donors (Lipinski definition) is 0. The van der Waals surface area contributed by atoms with E-state index >= 15 is 26.3 Å². The summed E-state index contributed by atoms with van der Waals surface area (Å²) in [6.45, 7) is 15.8. The number of alkyl halides is 6. The van der Waals surface area contributed by atoms with Crippen LogP contribution < -0.4 is 0 Å². The van der Waals surface area contributed by atoms with E-state index < -0.39 is 49.0 Å². The first-order valence-corrected chi connectivity index (χ1v) is 36.6. The molecule has 0 atom stereocenters. The minimum atomic E-state index is -5.79. The third kappa shape index (κ3) is 14.5. The van der Waals surface area contributed by atoms with Gasteiger partial charge < -0.3 is 28.4 Å². The van der Waals surface area contributed by atoms with Gasteiger partial charge in [-0.2, -0.15) is 26.3 Å². The molecular formula is C61H82F6O6S8. The van der Waals surface area contributed by atoms with E-state index in [1.54, 1.807) is 42.7 Å². The molecule has 0 N–H and O–H groups in total. The molecule has 20 heteroatoms. The van der Waals surface area contributed by atoms with E-state index in [4.69, 9.17) is 28.4 Å². The SMILES string of the molecule is COCCCS(CCCOC)(CCCOC)c1ccc(-c2sc(-c3ccc(C(C)(C)C)s3)cc2C2=C(c3cc(-c4ccc(C(C)(C)C)s4)sc3-c3ccc(S(CCCOC)(CCCOC)CCCOC)s3)C(F)(F)C(F)(F)C2(F)F)s1. The molecule has 0 saturated carbocycles. The molecule has 0 aromatic carbocycles. The summed E-state index contributed by atoms with van der Waals surface area (Å²) >= 11 is 8.28. The minimum absolute atomic E-state index is 0.253. The van der Waals surface area contributed by atoms with Gasteiger partial charge in [0.1, 0.15) is 0 Å². The molecule has 1 aliphatic carbocycles. The Morgan fingerprint density at radius 2 is 0.654 bits per heavy atom. The Balaban J connectivity index is 1.54. The van der Waals surface area contributed by atoms with Gasteiger partial charge in [0.2, 0.25) is 0 Å². The van der Waals surface area contributed by atoms with Gasteiger partial charge in [-0.3, -0.25) is 0 Å². The summed E-state index contributed by atoms with van der Waals surface area (Å²) in [6.07, 6.45) is 4.70. The predicted molar refractivity (Wildman–Crippen MR) is 341 cm³/mol. The Hall–Kier alpha value is -2.02. The van der Waals surface area contributed by atoms with E-state index in [-0.39, 0.29) is 31.7 Å². The normalized spacial score (nSPS) is 16.1. The lowest BCUT2D eigenvalue weighted by atomic mass is 9.94. The van der Waals surface area contributed by atoms with Crippen molar-refractivity contribution in [3.05, 3.63) is 81.5 Å². The maximum atomic E-state index is 17.8. The smallest absolute Gasteiger partial charge is 0.380 e. The van der Waals surface area contributed by atoms with Crippen LogP contribution in [0.5, 0.6) is 0 Å². The van der Waals surface area contributed by atoms with Gasteiger partial charge in [0.05, 0.1) is 9.75 Å². The molecule has 0 radical (unpaired) electrons. The Bertz CT molecular complexity index is 2730. The fourth-order valence-corrected chi connectivity index (χ4v) is 27.3. The topological polar surface area (TPSA) is 55.4 Å². The lowest BCUT2D eigenvalue weighted by Gasteiger charge is -2.40. The molecule has 7 rings (SSSR count). The molecule has 81 heavy (non-hydrogen) atoms. The van der Waals surface area contributed by atoms with Crippen LogP contribution in [0.2, 0.25) is 0 Å². The van der Waals surface area contributed by atoms with E-state index in [1.807, 2.05) is 48.5 Å². The van der Waals surface area contributed by atoms with E-state index in [1.165, 1.54) is 80.2 Å². The van der Waals surface area contributed by atoms with Gasteiger partial charge >= 0.3 is 17.8 Å². The van der Waals surface area contributed by atoms with Gasteiger partial charge in [0, 0.05) is 152 Å². The summed E-state index contributed by atoms with van der Waals surface area (Å²) in [5.74, 6) is -11.4. The average molecular weight is 1280 g/mol. The predicted octanol–water partition coefficient (Wildman–Crippen LogP) is 19.7. The van der Waals surface area contributed by atoms with Crippen molar-refractivity contribution >= 4 is 99.2 Å². The van der Waals surface area contributed by atoms with Crippen LogP contribution in [-0.2, 0) is 39.3 Å². The molecule has 1 aliphatic rings. The van der Waals surface area contributed by atoms with Gasteiger partial charge in [0.25, 0.3) is 0 Å². The number of hydrogen-bond acceptors (Lipinski definition) is 12. The molecule has 0 unspecified atom stereocenters. The molecule has 0 fully saturated rings. The molecule has 0 saturated heterocycles. The van der Waals surface area contributed by atoms with Gasteiger partial charge in [-0.1, -0.05) is 41.5 Å². The fourth-order valence-electron chi connectivity index (χ4n) is 10.4. The van der Waals surface area contributed by atoms with Crippen LogP contribution in [0.3, 0.4) is 0 Å². The number of ether oxygens (including phenoxy) is 6. The largest absolute Gasteiger partial charge is 0.385 e. The van der Waals surface area contributed by atoms with Crippen molar-refractivity contribution in [1.29, 1.82) is 0 Å². The monoisotopic (exact) mass is 1280 g/mol. The highest BCUT2D eigenvalue weighted by Crippen LogP contribution is 2.69. The highest BCUT2D eigenvalue weighted by atomic mass is 32.3. The molecule has 6 nitrogen and oxygen atoms in total. The van der Waals surface area contributed by atoms with Crippen molar-refractivity contribution in [2.45, 2.75) is 117 Å². The molecule has 0 spiro atoms. The van der Waals surface area contributed by atoms with Crippen LogP contribution >= 0.6 is 88.1 Å². The number of halogens is 6. The standard InChI is InChI=1S/C61H82F6O6S8/c1-57(2,3)49-23-19-43(74-49)47-39-41(55(78-47)45-21-25-51(76-45)80(33-13-27-68-7,34-14-28-69-8)35-15-29-70-9)53-54(60(64,65)61(66,67)59(53,62)63)42-40-48(44-20-24-50(75-44)58(4,5)6)79-56(42)46-22-26-52(77-46)81(36-16-30-71-10,37-17-31-72-11)38-18-32-73-12/h19-26,39-40H,13-18,27-38H2,1-12H3. The van der Waals surface area contributed by atoms with E-state index in [0.29, 0.717) is 59.1 Å². The third-order valence-electron chi connectivity index (χ3n) is 14.6. The average Bonchev–Trinajstić information content (AvgIpc) is 4.30. The zero-order valence-electron chi connectivity index (χ0n) is 49.0. The minimum Gasteiger partial charge on any atom is -0.385 e. The molecule has 0 bridgehead atoms. The summed E-state index contributed by atoms with van der Waals surface area (Å²) in [5.41, 5.74) is -3.79. The maximum absolute atomic E-state index is 17.8. The summed E-state index contributed by atoms with van der Waals surface area (Å²) in [4.78, 5) is 6.24. The van der Waals surface area contributed by atoms with Gasteiger partial charge in [-0.15, -0.1) is 68.0 Å². The molecule has 0 aliphatic heterocycles. The van der Waals surface area contributed by atoms with E-state index in [2.05, 4.69) is 41.5 Å². The second kappa shape index (κ2) is 28.2. The van der Waals surface area contributed by atoms with Crippen molar-refractivity contribution < 1.29 is 54.8 Å².